The minimum atomic E-state index is -0.991. The topological polar surface area (TPSA) is 59.4 Å². The van der Waals surface area contributed by atoms with E-state index in [1.54, 1.807) is 12.1 Å². The normalized spacial score (nSPS) is 11.1. The number of benzene rings is 2. The van der Waals surface area contributed by atoms with Crippen LogP contribution < -0.4 is 4.74 Å². The van der Waals surface area contributed by atoms with E-state index < -0.39 is 5.97 Å². The summed E-state index contributed by atoms with van der Waals surface area (Å²) in [5, 5.41) is 9.80. The Morgan fingerprint density at radius 2 is 1.84 bits per heavy atom. The molecule has 0 aliphatic heterocycles. The van der Waals surface area contributed by atoms with Crippen molar-refractivity contribution in [2.24, 2.45) is 0 Å². The predicted octanol–water partition coefficient (Wildman–Crippen LogP) is 5.44. The van der Waals surface area contributed by atoms with Gasteiger partial charge in [-0.25, -0.2) is 9.78 Å². The molecular formula is C19H13Br2NO3. The Labute approximate surface area is 161 Å². The maximum Gasteiger partial charge on any atom is 0.328 e. The van der Waals surface area contributed by atoms with E-state index in [1.165, 1.54) is 6.08 Å². The van der Waals surface area contributed by atoms with Crippen LogP contribution in [-0.2, 0) is 11.4 Å². The van der Waals surface area contributed by atoms with Crippen LogP contribution in [0.25, 0.3) is 17.0 Å². The molecule has 2 aromatic carbocycles. The Bertz CT molecular complexity index is 947. The van der Waals surface area contributed by atoms with E-state index >= 15 is 0 Å². The van der Waals surface area contributed by atoms with Crippen LogP contribution in [0.2, 0.25) is 0 Å². The molecule has 126 valence electrons. The first-order valence-corrected chi connectivity index (χ1v) is 8.99. The number of pyridine rings is 1. The van der Waals surface area contributed by atoms with Gasteiger partial charge in [0.05, 0.1) is 20.2 Å². The lowest BCUT2D eigenvalue weighted by Gasteiger charge is -2.11. The van der Waals surface area contributed by atoms with Crippen molar-refractivity contribution >= 4 is 54.8 Å². The summed E-state index contributed by atoms with van der Waals surface area (Å²) < 4.78 is 7.35. The molecule has 0 saturated carbocycles. The van der Waals surface area contributed by atoms with Crippen LogP contribution in [0.4, 0.5) is 0 Å². The van der Waals surface area contributed by atoms with Gasteiger partial charge in [0.25, 0.3) is 0 Å². The summed E-state index contributed by atoms with van der Waals surface area (Å²) in [4.78, 5) is 15.2. The van der Waals surface area contributed by atoms with E-state index in [-0.39, 0.29) is 0 Å². The van der Waals surface area contributed by atoms with Gasteiger partial charge in [-0.2, -0.15) is 0 Å². The number of aromatic nitrogens is 1. The predicted molar refractivity (Wildman–Crippen MR) is 105 cm³/mol. The molecule has 0 aliphatic rings. The second kappa shape index (κ2) is 7.80. The number of nitrogens with zero attached hydrogens (tertiary/aromatic N) is 1. The van der Waals surface area contributed by atoms with Gasteiger partial charge >= 0.3 is 5.97 Å². The number of hydrogen-bond acceptors (Lipinski definition) is 3. The third-order valence-electron chi connectivity index (χ3n) is 3.46. The van der Waals surface area contributed by atoms with E-state index in [9.17, 15) is 4.79 Å². The standard InChI is InChI=1S/C19H13Br2NO3/c20-15-9-12(5-8-18(23)24)10-16(21)19(15)25-11-14-7-6-13-3-1-2-4-17(13)22-14/h1-10H,11H2,(H,23,24)/b8-5+. The zero-order valence-electron chi connectivity index (χ0n) is 12.9. The highest BCUT2D eigenvalue weighted by molar-refractivity contribution is 9.11. The first-order chi connectivity index (χ1) is 12.0. The minimum Gasteiger partial charge on any atom is -0.485 e. The Morgan fingerprint density at radius 1 is 1.12 bits per heavy atom. The number of carbonyl (C=O) groups is 1. The summed E-state index contributed by atoms with van der Waals surface area (Å²) >= 11 is 6.92. The molecule has 0 fully saturated rings. The molecule has 0 aliphatic carbocycles. The molecule has 0 atom stereocenters. The van der Waals surface area contributed by atoms with E-state index in [0.717, 1.165) is 37.2 Å². The summed E-state index contributed by atoms with van der Waals surface area (Å²) in [5.74, 6) is -0.350. The van der Waals surface area contributed by atoms with Crippen LogP contribution in [0.15, 0.2) is 63.6 Å². The molecule has 3 aromatic rings. The Balaban J connectivity index is 1.79. The number of carboxylic acids is 1. The average Bonchev–Trinajstić information content (AvgIpc) is 2.59. The molecule has 3 rings (SSSR count). The van der Waals surface area contributed by atoms with Gasteiger partial charge < -0.3 is 9.84 Å². The number of ether oxygens (including phenoxy) is 1. The number of para-hydroxylation sites is 1. The van der Waals surface area contributed by atoms with Gasteiger partial charge in [0.2, 0.25) is 0 Å². The third-order valence-corrected chi connectivity index (χ3v) is 4.64. The Morgan fingerprint density at radius 3 is 2.56 bits per heavy atom. The van der Waals surface area contributed by atoms with E-state index in [0.29, 0.717) is 12.4 Å². The molecule has 4 nitrogen and oxygen atoms in total. The van der Waals surface area contributed by atoms with E-state index in [1.807, 2.05) is 36.4 Å². The van der Waals surface area contributed by atoms with Gasteiger partial charge in [-0.15, -0.1) is 0 Å². The molecule has 0 radical (unpaired) electrons. The fourth-order valence-electron chi connectivity index (χ4n) is 2.32. The number of carboxylic acid groups (broad SMARTS) is 1. The van der Waals surface area contributed by atoms with E-state index in [2.05, 4.69) is 36.8 Å². The van der Waals surface area contributed by atoms with Crippen LogP contribution >= 0.6 is 31.9 Å². The summed E-state index contributed by atoms with van der Waals surface area (Å²) in [7, 11) is 0. The Hall–Kier alpha value is -2.18. The van der Waals surface area contributed by atoms with Crippen LogP contribution in [0.5, 0.6) is 5.75 Å². The van der Waals surface area contributed by atoms with Crippen LogP contribution in [0.1, 0.15) is 11.3 Å². The smallest absolute Gasteiger partial charge is 0.328 e. The zero-order chi connectivity index (χ0) is 17.8. The molecule has 6 heteroatoms. The van der Waals surface area contributed by atoms with Crippen molar-refractivity contribution in [1.82, 2.24) is 4.98 Å². The summed E-state index contributed by atoms with van der Waals surface area (Å²) in [5.41, 5.74) is 2.50. The number of rotatable bonds is 5. The molecule has 0 amide bonds. The first-order valence-electron chi connectivity index (χ1n) is 7.40. The molecule has 25 heavy (non-hydrogen) atoms. The van der Waals surface area contributed by atoms with Gasteiger partial charge in [-0.05, 0) is 67.8 Å². The van der Waals surface area contributed by atoms with Crippen molar-refractivity contribution in [2.75, 3.05) is 0 Å². The van der Waals surface area contributed by atoms with Crippen LogP contribution in [0.3, 0.4) is 0 Å². The van der Waals surface area contributed by atoms with Crippen molar-refractivity contribution in [3.8, 4) is 5.75 Å². The Kier molecular flexibility index (Phi) is 5.50. The van der Waals surface area contributed by atoms with Crippen molar-refractivity contribution in [2.45, 2.75) is 6.61 Å². The van der Waals surface area contributed by atoms with Crippen molar-refractivity contribution < 1.29 is 14.6 Å². The lowest BCUT2D eigenvalue weighted by molar-refractivity contribution is -0.131. The summed E-state index contributed by atoms with van der Waals surface area (Å²) in [6.07, 6.45) is 2.61. The third kappa shape index (κ3) is 4.46. The number of aliphatic carboxylic acids is 1. The highest BCUT2D eigenvalue weighted by Gasteiger charge is 2.09. The molecule has 0 saturated heterocycles. The van der Waals surface area contributed by atoms with Gasteiger partial charge in [0.1, 0.15) is 12.4 Å². The lowest BCUT2D eigenvalue weighted by Crippen LogP contribution is -2.00. The van der Waals surface area contributed by atoms with Gasteiger partial charge in [0.15, 0.2) is 0 Å². The molecule has 0 spiro atoms. The molecule has 1 N–H and O–H groups in total. The highest BCUT2D eigenvalue weighted by Crippen LogP contribution is 2.35. The molecule has 1 aromatic heterocycles. The quantitative estimate of drug-likeness (QED) is 0.513. The SMILES string of the molecule is O=C(O)/C=C/c1cc(Br)c(OCc2ccc3ccccc3n2)c(Br)c1. The lowest BCUT2D eigenvalue weighted by atomic mass is 10.2. The summed E-state index contributed by atoms with van der Waals surface area (Å²) in [6, 6.07) is 15.5. The van der Waals surface area contributed by atoms with Gasteiger partial charge in [0, 0.05) is 11.5 Å². The van der Waals surface area contributed by atoms with Gasteiger partial charge in [-0.1, -0.05) is 24.3 Å². The second-order valence-corrected chi connectivity index (χ2v) is 6.98. The monoisotopic (exact) mass is 461 g/mol. The highest BCUT2D eigenvalue weighted by atomic mass is 79.9. The number of fused-ring (bicyclic) bond motifs is 1. The molecular weight excluding hydrogens is 450 g/mol. The minimum absolute atomic E-state index is 0.326. The van der Waals surface area contributed by atoms with Crippen molar-refractivity contribution in [1.29, 1.82) is 0 Å². The van der Waals surface area contributed by atoms with Gasteiger partial charge in [-0.3, -0.25) is 0 Å². The second-order valence-electron chi connectivity index (χ2n) is 5.27. The fourth-order valence-corrected chi connectivity index (χ4v) is 3.77. The largest absolute Gasteiger partial charge is 0.485 e. The summed E-state index contributed by atoms with van der Waals surface area (Å²) in [6.45, 7) is 0.326. The number of hydrogen-bond donors (Lipinski definition) is 1. The maximum absolute atomic E-state index is 10.6. The number of halogens is 2. The molecule has 0 unspecified atom stereocenters. The average molecular weight is 463 g/mol. The molecule has 0 bridgehead atoms. The first kappa shape index (κ1) is 17.6. The fraction of sp³-hybridized carbons (Fsp3) is 0.0526. The maximum atomic E-state index is 10.6. The van der Waals surface area contributed by atoms with E-state index in [4.69, 9.17) is 9.84 Å². The van der Waals surface area contributed by atoms with Crippen LogP contribution in [0, 0.1) is 0 Å². The van der Waals surface area contributed by atoms with Crippen molar-refractivity contribution in [3.05, 3.63) is 74.8 Å². The van der Waals surface area contributed by atoms with Crippen LogP contribution in [-0.4, -0.2) is 16.1 Å². The molecule has 1 heterocycles. The van der Waals surface area contributed by atoms with Crippen molar-refractivity contribution in [3.63, 3.8) is 0 Å². The zero-order valence-corrected chi connectivity index (χ0v) is 16.1.